The first-order valence-corrected chi connectivity index (χ1v) is 8.38. The molecule has 0 fully saturated rings. The SMILES string of the molecule is CCc1cccc2c(C(=O)N(CCC#N)Cc3cccnc3)c[nH]c12. The Morgan fingerprint density at radius 3 is 2.92 bits per heavy atom. The van der Waals surface area contributed by atoms with Crippen LogP contribution in [0.4, 0.5) is 0 Å². The molecule has 0 spiro atoms. The van der Waals surface area contributed by atoms with E-state index in [4.69, 9.17) is 5.26 Å². The molecule has 3 aromatic rings. The number of benzene rings is 1. The summed E-state index contributed by atoms with van der Waals surface area (Å²) in [6.45, 7) is 2.93. The van der Waals surface area contributed by atoms with Crippen molar-refractivity contribution in [2.24, 2.45) is 0 Å². The van der Waals surface area contributed by atoms with Crippen LogP contribution in [0.3, 0.4) is 0 Å². The van der Waals surface area contributed by atoms with Crippen molar-refractivity contribution < 1.29 is 4.79 Å². The number of fused-ring (bicyclic) bond motifs is 1. The number of nitrogens with zero attached hydrogens (tertiary/aromatic N) is 3. The number of rotatable bonds is 6. The van der Waals surface area contributed by atoms with Gasteiger partial charge in [-0.25, -0.2) is 0 Å². The van der Waals surface area contributed by atoms with Crippen LogP contribution in [0, 0.1) is 11.3 Å². The number of carbonyl (C=O) groups excluding carboxylic acids is 1. The molecule has 0 saturated carbocycles. The Morgan fingerprint density at radius 2 is 2.20 bits per heavy atom. The number of H-pyrrole nitrogens is 1. The van der Waals surface area contributed by atoms with Crippen LogP contribution < -0.4 is 0 Å². The Balaban J connectivity index is 1.93. The molecule has 25 heavy (non-hydrogen) atoms. The Kier molecular flexibility index (Phi) is 5.10. The number of nitriles is 1. The monoisotopic (exact) mass is 332 g/mol. The minimum absolute atomic E-state index is 0.0707. The van der Waals surface area contributed by atoms with E-state index in [0.717, 1.165) is 22.9 Å². The topological polar surface area (TPSA) is 72.8 Å². The van der Waals surface area contributed by atoms with Crippen molar-refractivity contribution in [2.75, 3.05) is 6.54 Å². The first kappa shape index (κ1) is 16.7. The summed E-state index contributed by atoms with van der Waals surface area (Å²) >= 11 is 0. The highest BCUT2D eigenvalue weighted by molar-refractivity contribution is 6.07. The molecule has 0 unspecified atom stereocenters. The smallest absolute Gasteiger partial charge is 0.256 e. The van der Waals surface area contributed by atoms with Crippen LogP contribution in [0.15, 0.2) is 48.9 Å². The maximum absolute atomic E-state index is 13.1. The van der Waals surface area contributed by atoms with E-state index < -0.39 is 0 Å². The summed E-state index contributed by atoms with van der Waals surface area (Å²) in [5, 5.41) is 9.86. The van der Waals surface area contributed by atoms with Crippen molar-refractivity contribution in [3.05, 3.63) is 65.6 Å². The van der Waals surface area contributed by atoms with E-state index in [9.17, 15) is 4.79 Å². The van der Waals surface area contributed by atoms with Gasteiger partial charge in [0, 0.05) is 42.6 Å². The third-order valence-electron chi connectivity index (χ3n) is 4.29. The minimum atomic E-state index is -0.0707. The summed E-state index contributed by atoms with van der Waals surface area (Å²) in [5.41, 5.74) is 3.79. The number of aromatic nitrogens is 2. The van der Waals surface area contributed by atoms with Gasteiger partial charge in [0.05, 0.1) is 18.1 Å². The lowest BCUT2D eigenvalue weighted by atomic mass is 10.1. The van der Waals surface area contributed by atoms with Gasteiger partial charge >= 0.3 is 0 Å². The fraction of sp³-hybridized carbons (Fsp3) is 0.250. The van der Waals surface area contributed by atoms with Gasteiger partial charge in [-0.15, -0.1) is 0 Å². The molecule has 0 aliphatic rings. The molecule has 0 aliphatic carbocycles. The maximum Gasteiger partial charge on any atom is 0.256 e. The molecule has 0 saturated heterocycles. The number of pyridine rings is 1. The van der Waals surface area contributed by atoms with E-state index in [2.05, 4.69) is 29.0 Å². The molecule has 5 heteroatoms. The first-order valence-electron chi connectivity index (χ1n) is 8.38. The maximum atomic E-state index is 13.1. The van der Waals surface area contributed by atoms with E-state index in [1.54, 1.807) is 23.5 Å². The van der Waals surface area contributed by atoms with E-state index in [-0.39, 0.29) is 5.91 Å². The fourth-order valence-corrected chi connectivity index (χ4v) is 3.01. The number of carbonyl (C=O) groups is 1. The zero-order valence-corrected chi connectivity index (χ0v) is 14.2. The zero-order valence-electron chi connectivity index (χ0n) is 14.2. The van der Waals surface area contributed by atoms with Crippen LogP contribution >= 0.6 is 0 Å². The Morgan fingerprint density at radius 1 is 1.32 bits per heavy atom. The normalized spacial score (nSPS) is 10.6. The van der Waals surface area contributed by atoms with Crippen molar-refractivity contribution in [1.82, 2.24) is 14.9 Å². The van der Waals surface area contributed by atoms with Gasteiger partial charge in [-0.2, -0.15) is 5.26 Å². The summed E-state index contributed by atoms with van der Waals surface area (Å²) in [6, 6.07) is 11.9. The summed E-state index contributed by atoms with van der Waals surface area (Å²) in [4.78, 5) is 22.2. The molecule has 2 aromatic heterocycles. The molecule has 3 rings (SSSR count). The highest BCUT2D eigenvalue weighted by Crippen LogP contribution is 2.24. The summed E-state index contributed by atoms with van der Waals surface area (Å²) in [6.07, 6.45) is 6.43. The van der Waals surface area contributed by atoms with Crippen molar-refractivity contribution in [3.63, 3.8) is 0 Å². The molecular weight excluding hydrogens is 312 g/mol. The van der Waals surface area contributed by atoms with Gasteiger partial charge in [-0.1, -0.05) is 31.2 Å². The standard InChI is InChI=1S/C20H20N4O/c1-2-16-7-3-8-17-18(13-23-19(16)17)20(25)24(11-5-9-21)14-15-6-4-10-22-12-15/h3-4,6-8,10,12-13,23H,2,5,11,14H2,1H3. The predicted octanol–water partition coefficient (Wildman–Crippen LogP) is 3.68. The molecule has 0 radical (unpaired) electrons. The van der Waals surface area contributed by atoms with E-state index >= 15 is 0 Å². The van der Waals surface area contributed by atoms with Crippen LogP contribution in [-0.4, -0.2) is 27.3 Å². The third-order valence-corrected chi connectivity index (χ3v) is 4.29. The number of hydrogen-bond acceptors (Lipinski definition) is 3. The van der Waals surface area contributed by atoms with Gasteiger partial charge in [-0.05, 0) is 23.6 Å². The number of aryl methyl sites for hydroxylation is 1. The Bertz CT molecular complexity index is 908. The van der Waals surface area contributed by atoms with Gasteiger partial charge in [-0.3, -0.25) is 9.78 Å². The van der Waals surface area contributed by atoms with Crippen molar-refractivity contribution in [1.29, 1.82) is 5.26 Å². The second kappa shape index (κ2) is 7.63. The number of nitrogens with one attached hydrogen (secondary N) is 1. The molecule has 2 heterocycles. The number of aromatic amines is 1. The number of amides is 1. The van der Waals surface area contributed by atoms with E-state index in [1.807, 2.05) is 24.3 Å². The largest absolute Gasteiger partial charge is 0.360 e. The summed E-state index contributed by atoms with van der Waals surface area (Å²) < 4.78 is 0. The lowest BCUT2D eigenvalue weighted by Gasteiger charge is -2.21. The van der Waals surface area contributed by atoms with E-state index in [1.165, 1.54) is 5.56 Å². The van der Waals surface area contributed by atoms with Crippen molar-refractivity contribution in [3.8, 4) is 6.07 Å². The highest BCUT2D eigenvalue weighted by atomic mass is 16.2. The zero-order chi connectivity index (χ0) is 17.6. The second-order valence-corrected chi connectivity index (χ2v) is 5.89. The molecule has 0 atom stereocenters. The molecule has 1 amide bonds. The fourth-order valence-electron chi connectivity index (χ4n) is 3.01. The van der Waals surface area contributed by atoms with Crippen LogP contribution in [0.25, 0.3) is 10.9 Å². The van der Waals surface area contributed by atoms with Gasteiger partial charge in [0.1, 0.15) is 0 Å². The second-order valence-electron chi connectivity index (χ2n) is 5.89. The quantitative estimate of drug-likeness (QED) is 0.748. The molecule has 1 N–H and O–H groups in total. The lowest BCUT2D eigenvalue weighted by molar-refractivity contribution is 0.0749. The average molecular weight is 332 g/mol. The molecule has 126 valence electrons. The average Bonchev–Trinajstić information content (AvgIpc) is 3.09. The minimum Gasteiger partial charge on any atom is -0.360 e. The van der Waals surface area contributed by atoms with Crippen LogP contribution in [0.1, 0.15) is 34.8 Å². The van der Waals surface area contributed by atoms with Gasteiger partial charge in [0.25, 0.3) is 5.91 Å². The van der Waals surface area contributed by atoms with E-state index in [0.29, 0.717) is 25.1 Å². The highest BCUT2D eigenvalue weighted by Gasteiger charge is 2.20. The molecule has 1 aromatic carbocycles. The van der Waals surface area contributed by atoms with Crippen LogP contribution in [-0.2, 0) is 13.0 Å². The first-order chi connectivity index (χ1) is 12.2. The number of para-hydroxylation sites is 1. The predicted molar refractivity (Wildman–Crippen MR) is 96.9 cm³/mol. The summed E-state index contributed by atoms with van der Waals surface area (Å²) in [7, 11) is 0. The van der Waals surface area contributed by atoms with Crippen molar-refractivity contribution >= 4 is 16.8 Å². The van der Waals surface area contributed by atoms with Gasteiger partial charge < -0.3 is 9.88 Å². The third kappa shape index (κ3) is 3.53. The summed E-state index contributed by atoms with van der Waals surface area (Å²) in [5.74, 6) is -0.0707. The molecule has 0 aliphatic heterocycles. The Hall–Kier alpha value is -3.13. The Labute approximate surface area is 146 Å². The van der Waals surface area contributed by atoms with Crippen LogP contribution in [0.2, 0.25) is 0 Å². The molecular formula is C20H20N4O. The van der Waals surface area contributed by atoms with Crippen LogP contribution in [0.5, 0.6) is 0 Å². The van der Waals surface area contributed by atoms with Gasteiger partial charge in [0.2, 0.25) is 0 Å². The molecule has 5 nitrogen and oxygen atoms in total. The lowest BCUT2D eigenvalue weighted by Crippen LogP contribution is -2.31. The van der Waals surface area contributed by atoms with Gasteiger partial charge in [0.15, 0.2) is 0 Å². The molecule has 0 bridgehead atoms. The number of hydrogen-bond donors (Lipinski definition) is 1. The van der Waals surface area contributed by atoms with Crippen molar-refractivity contribution in [2.45, 2.75) is 26.3 Å².